The van der Waals surface area contributed by atoms with Gasteiger partial charge in [0, 0.05) is 52.4 Å². The number of nitrogens with zero attached hydrogens (tertiary/aromatic N) is 2. The van der Waals surface area contributed by atoms with Crippen molar-refractivity contribution in [3.05, 3.63) is 0 Å². The largest absolute Gasteiger partial charge is 0.385 e. The van der Waals surface area contributed by atoms with Crippen LogP contribution in [0.3, 0.4) is 0 Å². The summed E-state index contributed by atoms with van der Waals surface area (Å²) in [7, 11) is 1.74. The number of amides is 1. The number of unbranched alkanes of at least 4 members (excludes halogenated alkanes) is 2. The Labute approximate surface area is 134 Å². The topological polar surface area (TPSA) is 66.0 Å². The lowest BCUT2D eigenvalue weighted by Crippen LogP contribution is -2.45. The first kappa shape index (κ1) is 18.7. The van der Waals surface area contributed by atoms with Crippen molar-refractivity contribution in [2.45, 2.75) is 52.0 Å². The summed E-state index contributed by atoms with van der Waals surface area (Å²) in [5, 5.41) is 6.73. The standard InChI is InChI=1S/C16H32N4O2/c1-4-15(21)20-11-9-14(13-20)19-16(17-5-2)18-10-7-6-8-12-22-3/h14H,4-13H2,1-3H3,(H2,17,18,19). The van der Waals surface area contributed by atoms with Crippen LogP contribution in [0.15, 0.2) is 4.99 Å². The molecule has 0 aromatic rings. The van der Waals surface area contributed by atoms with Crippen LogP contribution in [0.2, 0.25) is 0 Å². The van der Waals surface area contributed by atoms with E-state index < -0.39 is 0 Å². The Kier molecular flexibility index (Phi) is 9.62. The van der Waals surface area contributed by atoms with E-state index in [1.54, 1.807) is 7.11 Å². The first-order valence-electron chi connectivity index (χ1n) is 8.52. The van der Waals surface area contributed by atoms with Gasteiger partial charge in [-0.2, -0.15) is 0 Å². The zero-order chi connectivity index (χ0) is 16.2. The highest BCUT2D eigenvalue weighted by molar-refractivity contribution is 5.80. The third-order valence-electron chi connectivity index (χ3n) is 3.80. The second-order valence-electron chi connectivity index (χ2n) is 5.64. The fourth-order valence-electron chi connectivity index (χ4n) is 2.57. The average Bonchev–Trinajstić information content (AvgIpc) is 2.98. The molecule has 0 saturated carbocycles. The number of methoxy groups -OCH3 is 1. The molecule has 1 aliphatic heterocycles. The minimum absolute atomic E-state index is 0.240. The maximum absolute atomic E-state index is 11.7. The predicted molar refractivity (Wildman–Crippen MR) is 90.1 cm³/mol. The SMILES string of the molecule is CCNC(=NCCCCCOC)NC1CCN(C(=O)CC)C1. The molecular weight excluding hydrogens is 280 g/mol. The minimum Gasteiger partial charge on any atom is -0.385 e. The van der Waals surface area contributed by atoms with Crippen molar-refractivity contribution >= 4 is 11.9 Å². The molecule has 0 bridgehead atoms. The Hall–Kier alpha value is -1.30. The van der Waals surface area contributed by atoms with Crippen LogP contribution >= 0.6 is 0 Å². The second kappa shape index (κ2) is 11.3. The number of nitrogens with one attached hydrogen (secondary N) is 2. The summed E-state index contributed by atoms with van der Waals surface area (Å²) in [5.41, 5.74) is 0. The number of hydrogen-bond donors (Lipinski definition) is 2. The molecule has 6 nitrogen and oxygen atoms in total. The molecule has 1 rings (SSSR count). The quantitative estimate of drug-likeness (QED) is 0.383. The van der Waals surface area contributed by atoms with Gasteiger partial charge in [-0.1, -0.05) is 6.92 Å². The normalized spacial score (nSPS) is 18.6. The summed E-state index contributed by atoms with van der Waals surface area (Å²) in [6, 6.07) is 0.307. The number of hydrogen-bond acceptors (Lipinski definition) is 3. The van der Waals surface area contributed by atoms with Crippen molar-refractivity contribution in [1.82, 2.24) is 15.5 Å². The van der Waals surface area contributed by atoms with E-state index in [4.69, 9.17) is 4.74 Å². The summed E-state index contributed by atoms with van der Waals surface area (Å²) in [6.07, 6.45) is 4.88. The second-order valence-corrected chi connectivity index (χ2v) is 5.64. The van der Waals surface area contributed by atoms with Crippen molar-refractivity contribution < 1.29 is 9.53 Å². The summed E-state index contributed by atoms with van der Waals surface area (Å²) >= 11 is 0. The Morgan fingerprint density at radius 1 is 1.32 bits per heavy atom. The van der Waals surface area contributed by atoms with Gasteiger partial charge in [0.1, 0.15) is 0 Å². The monoisotopic (exact) mass is 312 g/mol. The van der Waals surface area contributed by atoms with Crippen LogP contribution in [-0.4, -0.2) is 62.7 Å². The molecule has 1 amide bonds. The van der Waals surface area contributed by atoms with E-state index >= 15 is 0 Å². The fraction of sp³-hybridized carbons (Fsp3) is 0.875. The molecular formula is C16H32N4O2. The number of rotatable bonds is 9. The summed E-state index contributed by atoms with van der Waals surface area (Å²) in [6.45, 7) is 8.11. The van der Waals surface area contributed by atoms with Crippen LogP contribution in [0.4, 0.5) is 0 Å². The van der Waals surface area contributed by atoms with Crippen molar-refractivity contribution in [2.75, 3.05) is 39.9 Å². The summed E-state index contributed by atoms with van der Waals surface area (Å²) in [5.74, 6) is 1.11. The molecule has 0 aliphatic carbocycles. The molecule has 22 heavy (non-hydrogen) atoms. The molecule has 0 radical (unpaired) electrons. The minimum atomic E-state index is 0.240. The van der Waals surface area contributed by atoms with Gasteiger partial charge >= 0.3 is 0 Å². The van der Waals surface area contributed by atoms with Gasteiger partial charge in [-0.15, -0.1) is 0 Å². The lowest BCUT2D eigenvalue weighted by atomic mass is 10.2. The van der Waals surface area contributed by atoms with E-state index in [1.165, 1.54) is 0 Å². The Bertz CT molecular complexity index is 347. The van der Waals surface area contributed by atoms with Crippen LogP contribution in [-0.2, 0) is 9.53 Å². The zero-order valence-electron chi connectivity index (χ0n) is 14.4. The van der Waals surface area contributed by atoms with Gasteiger partial charge < -0.3 is 20.3 Å². The predicted octanol–water partition coefficient (Wildman–Crippen LogP) is 1.37. The van der Waals surface area contributed by atoms with E-state index in [0.29, 0.717) is 12.5 Å². The molecule has 2 N–H and O–H groups in total. The first-order valence-corrected chi connectivity index (χ1v) is 8.52. The van der Waals surface area contributed by atoms with Crippen LogP contribution in [0, 0.1) is 0 Å². The van der Waals surface area contributed by atoms with Gasteiger partial charge in [0.15, 0.2) is 5.96 Å². The van der Waals surface area contributed by atoms with Gasteiger partial charge in [0.2, 0.25) is 5.91 Å². The Morgan fingerprint density at radius 3 is 2.82 bits per heavy atom. The van der Waals surface area contributed by atoms with Crippen LogP contribution in [0.5, 0.6) is 0 Å². The van der Waals surface area contributed by atoms with Gasteiger partial charge in [0.05, 0.1) is 0 Å². The van der Waals surface area contributed by atoms with Crippen LogP contribution < -0.4 is 10.6 Å². The van der Waals surface area contributed by atoms with Gasteiger partial charge in [0.25, 0.3) is 0 Å². The fourth-order valence-corrected chi connectivity index (χ4v) is 2.57. The van der Waals surface area contributed by atoms with Crippen molar-refractivity contribution in [2.24, 2.45) is 4.99 Å². The molecule has 0 spiro atoms. The molecule has 0 aromatic heterocycles. The van der Waals surface area contributed by atoms with E-state index in [1.807, 2.05) is 11.8 Å². The Morgan fingerprint density at radius 2 is 2.14 bits per heavy atom. The molecule has 1 fully saturated rings. The molecule has 1 heterocycles. The van der Waals surface area contributed by atoms with Crippen molar-refractivity contribution in [3.63, 3.8) is 0 Å². The highest BCUT2D eigenvalue weighted by Crippen LogP contribution is 2.10. The number of ether oxygens (including phenoxy) is 1. The zero-order valence-corrected chi connectivity index (χ0v) is 14.4. The highest BCUT2D eigenvalue weighted by atomic mass is 16.5. The van der Waals surface area contributed by atoms with Crippen LogP contribution in [0.25, 0.3) is 0 Å². The lowest BCUT2D eigenvalue weighted by molar-refractivity contribution is -0.129. The maximum atomic E-state index is 11.7. The van der Waals surface area contributed by atoms with Gasteiger partial charge in [-0.25, -0.2) is 0 Å². The highest BCUT2D eigenvalue weighted by Gasteiger charge is 2.25. The number of aliphatic imine (C=N–C) groups is 1. The summed E-state index contributed by atoms with van der Waals surface area (Å²) in [4.78, 5) is 18.3. The van der Waals surface area contributed by atoms with Crippen molar-refractivity contribution in [1.29, 1.82) is 0 Å². The lowest BCUT2D eigenvalue weighted by Gasteiger charge is -2.18. The average molecular weight is 312 g/mol. The van der Waals surface area contributed by atoms with Crippen LogP contribution in [0.1, 0.15) is 46.0 Å². The molecule has 1 aliphatic rings. The smallest absolute Gasteiger partial charge is 0.222 e. The van der Waals surface area contributed by atoms with Crippen molar-refractivity contribution in [3.8, 4) is 0 Å². The third kappa shape index (κ3) is 7.11. The van der Waals surface area contributed by atoms with E-state index in [-0.39, 0.29) is 5.91 Å². The maximum Gasteiger partial charge on any atom is 0.222 e. The van der Waals surface area contributed by atoms with E-state index in [2.05, 4.69) is 22.5 Å². The number of guanidine groups is 1. The molecule has 0 aromatic carbocycles. The number of carbonyl (C=O) groups is 1. The Balaban J connectivity index is 2.32. The number of carbonyl (C=O) groups excluding carboxylic acids is 1. The van der Waals surface area contributed by atoms with E-state index in [0.717, 1.165) is 64.4 Å². The molecule has 128 valence electrons. The third-order valence-corrected chi connectivity index (χ3v) is 3.80. The van der Waals surface area contributed by atoms with Gasteiger partial charge in [-0.05, 0) is 32.6 Å². The van der Waals surface area contributed by atoms with Gasteiger partial charge in [-0.3, -0.25) is 9.79 Å². The molecule has 1 unspecified atom stereocenters. The molecule has 1 atom stereocenters. The summed E-state index contributed by atoms with van der Waals surface area (Å²) < 4.78 is 5.04. The molecule has 1 saturated heterocycles. The first-order chi connectivity index (χ1) is 10.7. The van der Waals surface area contributed by atoms with E-state index in [9.17, 15) is 4.79 Å². The number of likely N-dealkylation sites (tertiary alicyclic amines) is 1. The molecule has 6 heteroatoms.